The van der Waals surface area contributed by atoms with E-state index < -0.39 is 0 Å². The third kappa shape index (κ3) is 3.80. The van der Waals surface area contributed by atoms with Gasteiger partial charge < -0.3 is 4.84 Å². The Kier molecular flexibility index (Phi) is 5.62. The van der Waals surface area contributed by atoms with E-state index >= 15 is 0 Å². The number of piperidine rings is 1. The summed E-state index contributed by atoms with van der Waals surface area (Å²) in [5.41, 5.74) is 0. The second-order valence-corrected chi connectivity index (χ2v) is 5.04. The average molecular weight is 240 g/mol. The van der Waals surface area contributed by atoms with Crippen LogP contribution in [0.2, 0.25) is 0 Å². The Bertz CT molecular complexity index is 279. The van der Waals surface area contributed by atoms with Crippen molar-refractivity contribution in [3.05, 3.63) is 0 Å². The van der Waals surface area contributed by atoms with E-state index in [1.807, 2.05) is 7.05 Å². The van der Waals surface area contributed by atoms with Gasteiger partial charge in [-0.05, 0) is 38.3 Å². The van der Waals surface area contributed by atoms with E-state index in [0.717, 1.165) is 25.8 Å². The summed E-state index contributed by atoms with van der Waals surface area (Å²) in [6.45, 7) is 5.36. The van der Waals surface area contributed by atoms with E-state index in [1.165, 1.54) is 0 Å². The summed E-state index contributed by atoms with van der Waals surface area (Å²) in [5, 5.41) is 3.75. The predicted octanol–water partition coefficient (Wildman–Crippen LogP) is 1.94. The van der Waals surface area contributed by atoms with E-state index in [2.05, 4.69) is 28.7 Å². The lowest BCUT2D eigenvalue weighted by molar-refractivity contribution is -0.128. The molecule has 0 radical (unpaired) electrons. The van der Waals surface area contributed by atoms with Gasteiger partial charge in [-0.3, -0.25) is 9.69 Å². The normalized spacial score (nSPS) is 26.1. The maximum absolute atomic E-state index is 12.0. The van der Waals surface area contributed by atoms with Crippen molar-refractivity contribution in [2.75, 3.05) is 20.7 Å². The van der Waals surface area contributed by atoms with Crippen molar-refractivity contribution >= 4 is 12.0 Å². The highest BCUT2D eigenvalue weighted by Gasteiger charge is 2.33. The summed E-state index contributed by atoms with van der Waals surface area (Å²) in [5.74, 6) is 1.18. The molecule has 1 heterocycles. The zero-order valence-electron chi connectivity index (χ0n) is 11.3. The quantitative estimate of drug-likeness (QED) is 0.545. The molecule has 0 spiro atoms. The number of ketones is 1. The molecule has 0 N–H and O–H groups in total. The molecular formula is C13H24N2O2. The van der Waals surface area contributed by atoms with Gasteiger partial charge in [-0.1, -0.05) is 19.0 Å². The van der Waals surface area contributed by atoms with Gasteiger partial charge in [-0.15, -0.1) is 0 Å². The van der Waals surface area contributed by atoms with Crippen LogP contribution in [0.25, 0.3) is 0 Å². The maximum Gasteiger partial charge on any atom is 0.150 e. The molecule has 1 rings (SSSR count). The summed E-state index contributed by atoms with van der Waals surface area (Å²) in [7, 11) is 3.59. The molecule has 0 aromatic heterocycles. The molecule has 3 atom stereocenters. The van der Waals surface area contributed by atoms with Crippen LogP contribution in [0.5, 0.6) is 0 Å². The molecule has 98 valence electrons. The first-order chi connectivity index (χ1) is 8.07. The van der Waals surface area contributed by atoms with Crippen LogP contribution >= 0.6 is 0 Å². The Balaban J connectivity index is 2.57. The Morgan fingerprint density at radius 2 is 2.29 bits per heavy atom. The van der Waals surface area contributed by atoms with Crippen LogP contribution in [-0.4, -0.2) is 43.6 Å². The van der Waals surface area contributed by atoms with E-state index in [-0.39, 0.29) is 6.04 Å². The van der Waals surface area contributed by atoms with Gasteiger partial charge >= 0.3 is 0 Å². The Labute approximate surface area is 104 Å². The van der Waals surface area contributed by atoms with Crippen LogP contribution in [0, 0.1) is 11.8 Å². The highest BCUT2D eigenvalue weighted by molar-refractivity contribution is 5.85. The number of nitrogens with zero attached hydrogens (tertiary/aromatic N) is 2. The van der Waals surface area contributed by atoms with Crippen molar-refractivity contribution in [2.24, 2.45) is 17.0 Å². The summed E-state index contributed by atoms with van der Waals surface area (Å²) >= 11 is 0. The Morgan fingerprint density at radius 3 is 2.88 bits per heavy atom. The number of hydrogen-bond donors (Lipinski definition) is 0. The van der Waals surface area contributed by atoms with Crippen molar-refractivity contribution in [3.8, 4) is 0 Å². The zero-order chi connectivity index (χ0) is 12.8. The number of hydrogen-bond acceptors (Lipinski definition) is 4. The molecule has 0 aromatic rings. The van der Waals surface area contributed by atoms with Crippen molar-refractivity contribution < 1.29 is 9.63 Å². The van der Waals surface area contributed by atoms with Crippen LogP contribution in [0.15, 0.2) is 5.16 Å². The van der Waals surface area contributed by atoms with Gasteiger partial charge in [0.25, 0.3) is 0 Å². The minimum Gasteiger partial charge on any atom is -0.399 e. The molecule has 1 aliphatic rings. The smallest absolute Gasteiger partial charge is 0.150 e. The molecule has 4 nitrogen and oxygen atoms in total. The topological polar surface area (TPSA) is 41.9 Å². The van der Waals surface area contributed by atoms with E-state index in [1.54, 1.807) is 13.3 Å². The Hall–Kier alpha value is -0.900. The number of rotatable bonds is 5. The molecule has 0 bridgehead atoms. The lowest BCUT2D eigenvalue weighted by Crippen LogP contribution is -2.48. The van der Waals surface area contributed by atoms with E-state index in [4.69, 9.17) is 0 Å². The molecule has 1 aliphatic heterocycles. The molecule has 17 heavy (non-hydrogen) atoms. The van der Waals surface area contributed by atoms with Gasteiger partial charge in [0, 0.05) is 12.6 Å². The molecular weight excluding hydrogens is 216 g/mol. The summed E-state index contributed by atoms with van der Waals surface area (Å²) in [6, 6.07) is 0.0784. The first kappa shape index (κ1) is 14.2. The maximum atomic E-state index is 12.0. The van der Waals surface area contributed by atoms with Gasteiger partial charge in [0.2, 0.25) is 0 Å². The minimum absolute atomic E-state index is 0.0784. The first-order valence-electron chi connectivity index (χ1n) is 6.35. The van der Waals surface area contributed by atoms with Gasteiger partial charge in [0.05, 0.1) is 6.04 Å². The molecule has 1 unspecified atom stereocenters. The SMILES string of the molecule is CO/N=C\C[C@@H](C)C(C)[C@H]1C(=O)CCCN1C. The van der Waals surface area contributed by atoms with Crippen molar-refractivity contribution in [2.45, 2.75) is 39.2 Å². The highest BCUT2D eigenvalue weighted by Crippen LogP contribution is 2.26. The number of likely N-dealkylation sites (N-methyl/N-ethyl adjacent to an activating group) is 1. The molecule has 0 amide bonds. The van der Waals surface area contributed by atoms with E-state index in [9.17, 15) is 4.79 Å². The number of oxime groups is 1. The molecule has 0 aliphatic carbocycles. The van der Waals surface area contributed by atoms with Gasteiger partial charge in [0.15, 0.2) is 0 Å². The fourth-order valence-electron chi connectivity index (χ4n) is 2.54. The van der Waals surface area contributed by atoms with Gasteiger partial charge in [0.1, 0.15) is 12.9 Å². The molecule has 4 heteroatoms. The molecule has 0 aromatic carbocycles. The lowest BCUT2D eigenvalue weighted by Gasteiger charge is -2.37. The third-order valence-corrected chi connectivity index (χ3v) is 3.79. The number of Topliss-reactive ketones (excluding diaryl/α,β-unsaturated/α-hetero) is 1. The molecule has 0 saturated carbocycles. The molecule has 1 fully saturated rings. The summed E-state index contributed by atoms with van der Waals surface area (Å²) in [4.78, 5) is 18.8. The third-order valence-electron chi connectivity index (χ3n) is 3.79. The minimum atomic E-state index is 0.0784. The van der Waals surface area contributed by atoms with Crippen LogP contribution in [0.1, 0.15) is 33.1 Å². The predicted molar refractivity (Wildman–Crippen MR) is 69.1 cm³/mol. The van der Waals surface area contributed by atoms with Crippen molar-refractivity contribution in [3.63, 3.8) is 0 Å². The standard InChI is InChI=1S/C13H24N2O2/c1-10(7-8-14-17-4)11(2)13-12(16)6-5-9-15(13)3/h8,10-11,13H,5-7,9H2,1-4H3/b14-8-/t10-,11?,13+/m1/s1. The molecule has 1 saturated heterocycles. The van der Waals surface area contributed by atoms with E-state index in [0.29, 0.717) is 17.6 Å². The second kappa shape index (κ2) is 6.74. The average Bonchev–Trinajstić information content (AvgIpc) is 2.28. The van der Waals surface area contributed by atoms with Crippen LogP contribution in [-0.2, 0) is 9.63 Å². The lowest BCUT2D eigenvalue weighted by atomic mass is 9.81. The zero-order valence-corrected chi connectivity index (χ0v) is 11.3. The van der Waals surface area contributed by atoms with Crippen LogP contribution < -0.4 is 0 Å². The highest BCUT2D eigenvalue weighted by atomic mass is 16.6. The van der Waals surface area contributed by atoms with Gasteiger partial charge in [-0.25, -0.2) is 0 Å². The van der Waals surface area contributed by atoms with Crippen molar-refractivity contribution in [1.82, 2.24) is 4.90 Å². The summed E-state index contributed by atoms with van der Waals surface area (Å²) < 4.78 is 0. The number of carbonyl (C=O) groups is 1. The van der Waals surface area contributed by atoms with Crippen LogP contribution in [0.3, 0.4) is 0 Å². The van der Waals surface area contributed by atoms with Crippen molar-refractivity contribution in [1.29, 1.82) is 0 Å². The largest absolute Gasteiger partial charge is 0.399 e. The number of carbonyl (C=O) groups excluding carboxylic acids is 1. The monoisotopic (exact) mass is 240 g/mol. The van der Waals surface area contributed by atoms with Gasteiger partial charge in [-0.2, -0.15) is 0 Å². The number of likely N-dealkylation sites (tertiary alicyclic amines) is 1. The van der Waals surface area contributed by atoms with Crippen LogP contribution in [0.4, 0.5) is 0 Å². The Morgan fingerprint density at radius 1 is 1.59 bits per heavy atom. The summed E-state index contributed by atoms with van der Waals surface area (Å²) in [6.07, 6.45) is 4.37. The second-order valence-electron chi connectivity index (χ2n) is 5.04. The fourth-order valence-corrected chi connectivity index (χ4v) is 2.54. The first-order valence-corrected chi connectivity index (χ1v) is 6.35. The fraction of sp³-hybridized carbons (Fsp3) is 0.846.